The van der Waals surface area contributed by atoms with Gasteiger partial charge in [0.15, 0.2) is 11.6 Å². The smallest absolute Gasteiger partial charge is 0.347 e. The Hall–Kier alpha value is -0.153. The van der Waals surface area contributed by atoms with Gasteiger partial charge in [-0.3, -0.25) is 0 Å². The van der Waals surface area contributed by atoms with Gasteiger partial charge in [0.05, 0.1) is 26.4 Å². The molecule has 2 aliphatic heterocycles. The Morgan fingerprint density at radius 1 is 0.900 bits per heavy atom. The topological polar surface area (TPSA) is 54.0 Å². The van der Waals surface area contributed by atoms with Crippen LogP contribution in [0.3, 0.4) is 0 Å². The molecule has 0 amide bonds. The van der Waals surface area contributed by atoms with Crippen LogP contribution in [0.25, 0.3) is 0 Å². The Balaban J connectivity index is 0.000000142. The number of carbonyl (C=O) groups excluding carboxylic acids is 1. The maximum Gasteiger partial charge on any atom is 1.00 e. The van der Waals surface area contributed by atoms with Crippen molar-refractivity contribution in [1.82, 2.24) is 0 Å². The van der Waals surface area contributed by atoms with Gasteiger partial charge in [-0.05, 0) is 37.5 Å². The summed E-state index contributed by atoms with van der Waals surface area (Å²) in [6, 6.07) is 0. The fourth-order valence-electron chi connectivity index (χ4n) is 6.14. The van der Waals surface area contributed by atoms with Gasteiger partial charge >= 0.3 is 18.9 Å². The number of unbranched alkanes of at least 4 members (excludes halogenated alkanes) is 1. The number of hydrogen-bond acceptors (Lipinski definition) is 5. The Bertz CT molecular complexity index is 583. The molecule has 2 heterocycles. The number of fused-ring (bicyclic) bond motifs is 4. The summed E-state index contributed by atoms with van der Waals surface area (Å²) in [5.74, 6) is 2.97. The molecule has 4 saturated carbocycles. The average Bonchev–Trinajstić information content (AvgIpc) is 3.26. The summed E-state index contributed by atoms with van der Waals surface area (Å²) < 4.78 is 22.8. The van der Waals surface area contributed by atoms with Crippen LogP contribution in [-0.2, 0) is 23.7 Å². The van der Waals surface area contributed by atoms with Crippen LogP contribution < -0.4 is 18.9 Å². The van der Waals surface area contributed by atoms with Gasteiger partial charge in [-0.25, -0.2) is 0 Å². The Kier molecular flexibility index (Phi) is 8.32. The van der Waals surface area contributed by atoms with E-state index in [1.165, 1.54) is 12.8 Å². The van der Waals surface area contributed by atoms with Gasteiger partial charge in [-0.2, -0.15) is 6.42 Å². The quantitative estimate of drug-likeness (QED) is 0.302. The first kappa shape index (κ1) is 24.5. The third kappa shape index (κ3) is 4.36. The van der Waals surface area contributed by atoms with Crippen molar-refractivity contribution in [2.75, 3.05) is 26.4 Å². The van der Waals surface area contributed by atoms with Crippen LogP contribution in [0.1, 0.15) is 52.4 Å². The van der Waals surface area contributed by atoms with E-state index >= 15 is 0 Å². The molecule has 5 nitrogen and oxygen atoms in total. The minimum Gasteiger partial charge on any atom is -0.347 e. The van der Waals surface area contributed by atoms with Crippen molar-refractivity contribution in [1.29, 1.82) is 0 Å². The largest absolute Gasteiger partial charge is 1.00 e. The number of aldehydes is 1. The van der Waals surface area contributed by atoms with Crippen molar-refractivity contribution in [3.8, 4) is 0 Å². The van der Waals surface area contributed by atoms with Crippen molar-refractivity contribution >= 4 is 6.29 Å². The zero-order valence-electron chi connectivity index (χ0n) is 19.0. The molecule has 30 heavy (non-hydrogen) atoms. The summed E-state index contributed by atoms with van der Waals surface area (Å²) in [6.45, 7) is 10.8. The van der Waals surface area contributed by atoms with Crippen molar-refractivity contribution in [2.45, 2.75) is 63.9 Å². The second-order valence-corrected chi connectivity index (χ2v) is 9.14. The molecule has 2 saturated heterocycles. The predicted molar refractivity (Wildman–Crippen MR) is 110 cm³/mol. The summed E-state index contributed by atoms with van der Waals surface area (Å²) in [7, 11) is 0. The van der Waals surface area contributed by atoms with E-state index in [0.717, 1.165) is 57.0 Å². The first-order valence-electron chi connectivity index (χ1n) is 11.6. The van der Waals surface area contributed by atoms with E-state index in [0.29, 0.717) is 31.0 Å². The molecule has 4 aliphatic carbocycles. The molecular formula is C24H37LiO5. The van der Waals surface area contributed by atoms with E-state index in [2.05, 4.69) is 32.9 Å². The SMILES string of the molecule is CC=C[C@H]1[C@H]2CCC3(OCCO3)[C@@H]12.O=C[C@H]1[C@H]2CCC3(OCCO3)[C@@H]12.[CH2-]CCC.[Li+]. The van der Waals surface area contributed by atoms with Crippen LogP contribution in [0.2, 0.25) is 0 Å². The molecule has 6 aliphatic rings. The minimum atomic E-state index is -0.337. The average molecular weight is 412 g/mol. The van der Waals surface area contributed by atoms with E-state index in [1.54, 1.807) is 0 Å². The van der Waals surface area contributed by atoms with Gasteiger partial charge in [-0.15, -0.1) is 0 Å². The molecule has 164 valence electrons. The molecule has 0 N–H and O–H groups in total. The molecule has 6 rings (SSSR count). The number of ether oxygens (including phenoxy) is 4. The number of allylic oxidation sites excluding steroid dienone is 2. The van der Waals surface area contributed by atoms with Crippen LogP contribution in [0, 0.1) is 42.4 Å². The number of carbonyl (C=O) groups is 1. The standard InChI is InChI=1S/C11H16O2.C9H12O3.C4H9.Li/c1-2-3-8-9-4-5-11(10(8)9)12-6-7-13-11;10-5-7-6-1-2-9(8(6)7)11-3-4-12-9;1-3-4-2;/h2-3,8-10H,4-7H2,1H3;5-8H,1-4H2;1,3-4H2,2H3;/q;;-1;+1/t8-,9+,10-;6-,7+,8-;;/m01../s1. The van der Waals surface area contributed by atoms with E-state index in [9.17, 15) is 4.79 Å². The van der Waals surface area contributed by atoms with E-state index in [1.807, 2.05) is 0 Å². The predicted octanol–water partition coefficient (Wildman–Crippen LogP) is 1.17. The molecule has 0 radical (unpaired) electrons. The van der Waals surface area contributed by atoms with Gasteiger partial charge in [0, 0.05) is 30.6 Å². The zero-order valence-corrected chi connectivity index (χ0v) is 19.0. The first-order chi connectivity index (χ1) is 14.2. The molecule has 0 aromatic carbocycles. The molecule has 0 aromatic heterocycles. The number of rotatable bonds is 3. The second-order valence-electron chi connectivity index (χ2n) is 9.14. The fraction of sp³-hybridized carbons (Fsp3) is 0.833. The monoisotopic (exact) mass is 412 g/mol. The van der Waals surface area contributed by atoms with Crippen LogP contribution >= 0.6 is 0 Å². The summed E-state index contributed by atoms with van der Waals surface area (Å²) in [4.78, 5) is 10.6. The third-order valence-corrected chi connectivity index (χ3v) is 7.60. The van der Waals surface area contributed by atoms with Crippen LogP contribution in [0.15, 0.2) is 12.2 Å². The first-order valence-corrected chi connectivity index (χ1v) is 11.6. The maximum absolute atomic E-state index is 10.6. The summed E-state index contributed by atoms with van der Waals surface area (Å²) >= 11 is 0. The van der Waals surface area contributed by atoms with Crippen molar-refractivity contribution < 1.29 is 42.6 Å². The normalized spacial score (nSPS) is 40.1. The molecule has 6 heteroatoms. The molecule has 0 bridgehead atoms. The van der Waals surface area contributed by atoms with Gasteiger partial charge in [0.25, 0.3) is 0 Å². The number of hydrogen-bond donors (Lipinski definition) is 0. The second kappa shape index (κ2) is 10.2. The van der Waals surface area contributed by atoms with Crippen LogP contribution in [0.5, 0.6) is 0 Å². The molecule has 6 atom stereocenters. The van der Waals surface area contributed by atoms with E-state index in [-0.39, 0.29) is 36.4 Å². The van der Waals surface area contributed by atoms with Crippen LogP contribution in [0.4, 0.5) is 0 Å². The fourth-order valence-corrected chi connectivity index (χ4v) is 6.14. The minimum absolute atomic E-state index is 0. The van der Waals surface area contributed by atoms with Crippen molar-refractivity contribution in [3.63, 3.8) is 0 Å². The Morgan fingerprint density at radius 2 is 1.33 bits per heavy atom. The molecule has 0 aromatic rings. The van der Waals surface area contributed by atoms with E-state index < -0.39 is 0 Å². The maximum atomic E-state index is 10.6. The third-order valence-electron chi connectivity index (χ3n) is 7.60. The van der Waals surface area contributed by atoms with Crippen molar-refractivity contribution in [3.05, 3.63) is 19.1 Å². The summed E-state index contributed by atoms with van der Waals surface area (Å²) in [6.07, 6.45) is 12.3. The zero-order chi connectivity index (χ0) is 20.5. The van der Waals surface area contributed by atoms with Gasteiger partial charge in [0.1, 0.15) is 6.29 Å². The van der Waals surface area contributed by atoms with Gasteiger partial charge in [-0.1, -0.05) is 25.5 Å². The van der Waals surface area contributed by atoms with E-state index in [4.69, 9.17) is 18.9 Å². The Labute approximate surface area is 193 Å². The van der Waals surface area contributed by atoms with Gasteiger partial charge < -0.3 is 30.7 Å². The van der Waals surface area contributed by atoms with Gasteiger partial charge in [0.2, 0.25) is 0 Å². The van der Waals surface area contributed by atoms with Crippen molar-refractivity contribution in [2.24, 2.45) is 35.5 Å². The Morgan fingerprint density at radius 3 is 1.70 bits per heavy atom. The summed E-state index contributed by atoms with van der Waals surface area (Å²) in [5.41, 5.74) is 0. The summed E-state index contributed by atoms with van der Waals surface area (Å²) in [5, 5.41) is 0. The molecule has 2 spiro atoms. The molecule has 0 unspecified atom stereocenters. The molecular weight excluding hydrogens is 375 g/mol. The molecule has 6 fully saturated rings. The van der Waals surface area contributed by atoms with Crippen LogP contribution in [-0.4, -0.2) is 44.3 Å².